The van der Waals surface area contributed by atoms with Crippen LogP contribution in [0.3, 0.4) is 0 Å². The van der Waals surface area contributed by atoms with E-state index in [-0.39, 0.29) is 23.3 Å². The number of aromatic nitrogens is 4. The maximum atomic E-state index is 12.7. The molecular weight excluding hydrogens is 404 g/mol. The first-order chi connectivity index (χ1) is 14.9. The van der Waals surface area contributed by atoms with Gasteiger partial charge in [-0.25, -0.2) is 14.6 Å². The highest BCUT2D eigenvalue weighted by Crippen LogP contribution is 2.25. The topological polar surface area (TPSA) is 117 Å². The summed E-state index contributed by atoms with van der Waals surface area (Å²) in [5.74, 6) is 0.580. The summed E-state index contributed by atoms with van der Waals surface area (Å²) in [6.07, 6.45) is 1.65. The summed E-state index contributed by atoms with van der Waals surface area (Å²) in [5, 5.41) is 0. The number of nitrogens with one attached hydrogen (secondary N) is 1. The zero-order chi connectivity index (χ0) is 22.5. The zero-order valence-corrected chi connectivity index (χ0v) is 18.1. The molecule has 2 heterocycles. The predicted octanol–water partition coefficient (Wildman–Crippen LogP) is 2.08. The molecule has 1 aromatic carbocycles. The van der Waals surface area contributed by atoms with Crippen molar-refractivity contribution in [3.05, 3.63) is 50.4 Å². The van der Waals surface area contributed by atoms with Crippen LogP contribution in [0.1, 0.15) is 42.9 Å². The van der Waals surface area contributed by atoms with Gasteiger partial charge in [0.15, 0.2) is 11.2 Å². The lowest BCUT2D eigenvalue weighted by atomic mass is 10.2. The molecule has 0 saturated heterocycles. The van der Waals surface area contributed by atoms with Crippen LogP contribution in [0.2, 0.25) is 0 Å². The molecule has 166 valence electrons. The summed E-state index contributed by atoms with van der Waals surface area (Å²) in [5.41, 5.74) is -0.249. The van der Waals surface area contributed by atoms with Crippen LogP contribution in [0.15, 0.2) is 27.8 Å². The fourth-order valence-electron chi connectivity index (χ4n) is 3.37. The minimum atomic E-state index is -0.622. The van der Waals surface area contributed by atoms with E-state index in [0.29, 0.717) is 30.4 Å². The number of rotatable bonds is 9. The Bertz CT molecular complexity index is 1210. The lowest BCUT2D eigenvalue weighted by Gasteiger charge is -2.11. The van der Waals surface area contributed by atoms with E-state index < -0.39 is 17.2 Å². The molecule has 31 heavy (non-hydrogen) atoms. The van der Waals surface area contributed by atoms with Crippen LogP contribution in [0.4, 0.5) is 0 Å². The molecule has 3 rings (SSSR count). The maximum absolute atomic E-state index is 12.7. The summed E-state index contributed by atoms with van der Waals surface area (Å²) in [4.78, 5) is 44.3. The molecule has 0 atom stereocenters. The van der Waals surface area contributed by atoms with Gasteiger partial charge in [-0.15, -0.1) is 0 Å². The molecule has 1 N–H and O–H groups in total. The first kappa shape index (κ1) is 22.1. The molecule has 0 aliphatic carbocycles. The number of ether oxygens (including phenoxy) is 3. The number of aromatic amines is 1. The SMILES string of the molecule is CCCCn1c(=O)[nH]c(=O)c2c1nc(COC(=O)c1cc(OC)ccc1OC)n2CC. The van der Waals surface area contributed by atoms with Gasteiger partial charge in [-0.1, -0.05) is 13.3 Å². The fourth-order valence-corrected chi connectivity index (χ4v) is 3.37. The van der Waals surface area contributed by atoms with Crippen LogP contribution < -0.4 is 20.7 Å². The molecule has 0 aliphatic rings. The highest BCUT2D eigenvalue weighted by Gasteiger charge is 2.20. The summed E-state index contributed by atoms with van der Waals surface area (Å²) >= 11 is 0. The lowest BCUT2D eigenvalue weighted by Crippen LogP contribution is -2.31. The van der Waals surface area contributed by atoms with E-state index in [1.165, 1.54) is 24.9 Å². The zero-order valence-electron chi connectivity index (χ0n) is 18.1. The number of carbonyl (C=O) groups is 1. The number of hydrogen-bond acceptors (Lipinski definition) is 7. The summed E-state index contributed by atoms with van der Waals surface area (Å²) < 4.78 is 18.9. The number of carbonyl (C=O) groups excluding carboxylic acids is 1. The molecule has 10 heteroatoms. The van der Waals surface area contributed by atoms with Crippen molar-refractivity contribution in [1.29, 1.82) is 0 Å². The Hall–Kier alpha value is -3.56. The number of nitrogens with zero attached hydrogens (tertiary/aromatic N) is 3. The Labute approximate surface area is 178 Å². The summed E-state index contributed by atoms with van der Waals surface area (Å²) in [6.45, 7) is 4.53. The third-order valence-electron chi connectivity index (χ3n) is 4.98. The molecule has 10 nitrogen and oxygen atoms in total. The molecule has 0 bridgehead atoms. The molecule has 0 radical (unpaired) electrons. The number of methoxy groups -OCH3 is 2. The smallest absolute Gasteiger partial charge is 0.342 e. The number of benzene rings is 1. The highest BCUT2D eigenvalue weighted by molar-refractivity contribution is 5.93. The van der Waals surface area contributed by atoms with E-state index in [0.717, 1.165) is 12.8 Å². The minimum absolute atomic E-state index is 0.177. The second-order valence-corrected chi connectivity index (χ2v) is 6.85. The van der Waals surface area contributed by atoms with Crippen molar-refractivity contribution in [1.82, 2.24) is 19.1 Å². The quantitative estimate of drug-likeness (QED) is 0.517. The van der Waals surface area contributed by atoms with Crippen molar-refractivity contribution in [2.45, 2.75) is 46.4 Å². The van der Waals surface area contributed by atoms with E-state index in [1.54, 1.807) is 16.7 Å². The van der Waals surface area contributed by atoms with Crippen molar-refractivity contribution in [3.8, 4) is 11.5 Å². The van der Waals surface area contributed by atoms with Gasteiger partial charge >= 0.3 is 11.7 Å². The Morgan fingerprint density at radius 1 is 1.13 bits per heavy atom. The highest BCUT2D eigenvalue weighted by atomic mass is 16.5. The van der Waals surface area contributed by atoms with Gasteiger partial charge in [0.05, 0.1) is 14.2 Å². The van der Waals surface area contributed by atoms with Crippen molar-refractivity contribution >= 4 is 17.1 Å². The number of hydrogen-bond donors (Lipinski definition) is 1. The molecule has 0 unspecified atom stereocenters. The van der Waals surface area contributed by atoms with Crippen molar-refractivity contribution in [2.24, 2.45) is 0 Å². The van der Waals surface area contributed by atoms with Crippen LogP contribution in [0.5, 0.6) is 11.5 Å². The number of unbranched alkanes of at least 4 members (excludes halogenated alkanes) is 1. The van der Waals surface area contributed by atoms with Gasteiger partial charge in [-0.05, 0) is 31.5 Å². The Morgan fingerprint density at radius 2 is 1.90 bits per heavy atom. The molecule has 0 aliphatic heterocycles. The third-order valence-corrected chi connectivity index (χ3v) is 4.98. The summed E-state index contributed by atoms with van der Waals surface area (Å²) in [6, 6.07) is 4.81. The first-order valence-electron chi connectivity index (χ1n) is 10.1. The van der Waals surface area contributed by atoms with Crippen molar-refractivity contribution in [2.75, 3.05) is 14.2 Å². The second kappa shape index (κ2) is 9.50. The Morgan fingerprint density at radius 3 is 2.55 bits per heavy atom. The van der Waals surface area contributed by atoms with Gasteiger partial charge in [0.25, 0.3) is 5.56 Å². The van der Waals surface area contributed by atoms with Crippen LogP contribution in [-0.2, 0) is 24.4 Å². The first-order valence-corrected chi connectivity index (χ1v) is 10.1. The number of H-pyrrole nitrogens is 1. The molecule has 0 saturated carbocycles. The predicted molar refractivity (Wildman–Crippen MR) is 114 cm³/mol. The number of esters is 1. The average molecular weight is 430 g/mol. The van der Waals surface area contributed by atoms with E-state index in [1.807, 2.05) is 13.8 Å². The fraction of sp³-hybridized carbons (Fsp3) is 0.429. The lowest BCUT2D eigenvalue weighted by molar-refractivity contribution is 0.0454. The van der Waals surface area contributed by atoms with E-state index in [4.69, 9.17) is 14.2 Å². The monoisotopic (exact) mass is 430 g/mol. The van der Waals surface area contributed by atoms with Gasteiger partial charge in [0.1, 0.15) is 29.5 Å². The Balaban J connectivity index is 1.97. The molecule has 2 aromatic heterocycles. The van der Waals surface area contributed by atoms with E-state index in [2.05, 4.69) is 9.97 Å². The van der Waals surface area contributed by atoms with Crippen LogP contribution in [0.25, 0.3) is 11.2 Å². The van der Waals surface area contributed by atoms with E-state index >= 15 is 0 Å². The molecule has 0 fully saturated rings. The average Bonchev–Trinajstić information content (AvgIpc) is 3.15. The van der Waals surface area contributed by atoms with E-state index in [9.17, 15) is 14.4 Å². The second-order valence-electron chi connectivity index (χ2n) is 6.85. The van der Waals surface area contributed by atoms with Gasteiger partial charge < -0.3 is 18.8 Å². The molecule has 0 amide bonds. The minimum Gasteiger partial charge on any atom is -0.497 e. The molecule has 3 aromatic rings. The van der Waals surface area contributed by atoms with Gasteiger partial charge in [0.2, 0.25) is 0 Å². The van der Waals surface area contributed by atoms with Crippen molar-refractivity contribution in [3.63, 3.8) is 0 Å². The number of fused-ring (bicyclic) bond motifs is 1. The van der Waals surface area contributed by atoms with Gasteiger partial charge in [-0.3, -0.25) is 14.3 Å². The number of imidazole rings is 1. The van der Waals surface area contributed by atoms with Crippen LogP contribution in [-0.4, -0.2) is 39.3 Å². The maximum Gasteiger partial charge on any atom is 0.342 e. The normalized spacial score (nSPS) is 11.0. The standard InChI is InChI=1S/C21H26N4O6/c1-5-7-10-25-18-17(19(26)23-21(25)28)24(6-2)16(22-18)12-31-20(27)14-11-13(29-3)8-9-15(14)30-4/h8-9,11H,5-7,10,12H2,1-4H3,(H,23,26,28). The third kappa shape index (κ3) is 4.32. The molecule has 0 spiro atoms. The van der Waals surface area contributed by atoms with Crippen LogP contribution >= 0.6 is 0 Å². The molecular formula is C21H26N4O6. The number of aryl methyl sites for hydroxylation is 2. The van der Waals surface area contributed by atoms with Gasteiger partial charge in [0, 0.05) is 13.1 Å². The van der Waals surface area contributed by atoms with Crippen LogP contribution in [0, 0.1) is 0 Å². The largest absolute Gasteiger partial charge is 0.497 e. The Kier molecular flexibility index (Phi) is 6.78. The summed E-state index contributed by atoms with van der Waals surface area (Å²) in [7, 11) is 2.95. The van der Waals surface area contributed by atoms with Crippen molar-refractivity contribution < 1.29 is 19.0 Å². The van der Waals surface area contributed by atoms with Gasteiger partial charge in [-0.2, -0.15) is 0 Å².